The number of hydrogen-bond donors (Lipinski definition) is 0. The third-order valence-electron chi connectivity index (χ3n) is 6.68. The molecule has 1 aromatic heterocycles. The number of rotatable bonds is 10. The number of thiophene rings is 1. The molecule has 2 amide bonds. The van der Waals surface area contributed by atoms with E-state index in [0.29, 0.717) is 26.3 Å². The standard InChI is InChI=1S/C26H34N2O4S/c1-31-16-7-14-27(26(30)20-8-5-6-9-20)18-25(29)28-15-12-24-22(13-17-33-24)23(28)19-32-21-10-3-2-4-11-21/h2-4,10-11,13,17,20,23H,5-9,12,14-16,18-19H2,1H3/t23-/m1/s1. The Balaban J connectivity index is 1.47. The van der Waals surface area contributed by atoms with Crippen LogP contribution in [-0.2, 0) is 20.7 Å². The maximum Gasteiger partial charge on any atom is 0.242 e. The third-order valence-corrected chi connectivity index (χ3v) is 7.68. The van der Waals surface area contributed by atoms with E-state index in [9.17, 15) is 9.59 Å². The van der Waals surface area contributed by atoms with Crippen LogP contribution < -0.4 is 4.74 Å². The van der Waals surface area contributed by atoms with E-state index in [1.165, 1.54) is 10.4 Å². The molecule has 1 saturated carbocycles. The summed E-state index contributed by atoms with van der Waals surface area (Å²) in [5.41, 5.74) is 1.17. The quantitative estimate of drug-likeness (QED) is 0.486. The van der Waals surface area contributed by atoms with E-state index in [2.05, 4.69) is 11.4 Å². The largest absolute Gasteiger partial charge is 0.491 e. The first-order valence-electron chi connectivity index (χ1n) is 12.0. The van der Waals surface area contributed by atoms with Crippen molar-refractivity contribution in [3.05, 3.63) is 52.2 Å². The Morgan fingerprint density at radius 2 is 1.94 bits per heavy atom. The van der Waals surface area contributed by atoms with Gasteiger partial charge in [-0.3, -0.25) is 9.59 Å². The molecule has 33 heavy (non-hydrogen) atoms. The molecule has 1 aliphatic carbocycles. The van der Waals surface area contributed by atoms with Crippen LogP contribution in [0.15, 0.2) is 41.8 Å². The molecule has 0 unspecified atom stereocenters. The van der Waals surface area contributed by atoms with Crippen molar-refractivity contribution < 1.29 is 19.1 Å². The molecule has 0 bridgehead atoms. The van der Waals surface area contributed by atoms with Gasteiger partial charge in [-0.05, 0) is 54.8 Å². The number of carbonyl (C=O) groups is 2. The van der Waals surface area contributed by atoms with Gasteiger partial charge in [0.25, 0.3) is 0 Å². The molecule has 1 aliphatic heterocycles. The maximum absolute atomic E-state index is 13.6. The Hall–Kier alpha value is -2.38. The monoisotopic (exact) mass is 470 g/mol. The van der Waals surface area contributed by atoms with Crippen LogP contribution in [0.25, 0.3) is 0 Å². The normalized spacial score (nSPS) is 18.2. The second kappa shape index (κ2) is 11.7. The van der Waals surface area contributed by atoms with E-state index >= 15 is 0 Å². The summed E-state index contributed by atoms with van der Waals surface area (Å²) in [4.78, 5) is 31.8. The zero-order valence-electron chi connectivity index (χ0n) is 19.4. The summed E-state index contributed by atoms with van der Waals surface area (Å²) >= 11 is 1.74. The third kappa shape index (κ3) is 5.95. The minimum absolute atomic E-state index is 0.00252. The van der Waals surface area contributed by atoms with Crippen LogP contribution in [0.3, 0.4) is 0 Å². The number of benzene rings is 1. The zero-order valence-corrected chi connectivity index (χ0v) is 20.2. The van der Waals surface area contributed by atoms with Gasteiger partial charge in [-0.25, -0.2) is 0 Å². The highest BCUT2D eigenvalue weighted by Gasteiger charge is 2.35. The topological polar surface area (TPSA) is 59.1 Å². The average Bonchev–Trinajstić information content (AvgIpc) is 3.54. The van der Waals surface area contributed by atoms with Crippen molar-refractivity contribution in [1.29, 1.82) is 0 Å². The number of fused-ring (bicyclic) bond motifs is 1. The lowest BCUT2D eigenvalue weighted by atomic mass is 10.00. The fourth-order valence-corrected chi connectivity index (χ4v) is 5.85. The summed E-state index contributed by atoms with van der Waals surface area (Å²) in [5.74, 6) is 0.979. The molecule has 0 radical (unpaired) electrons. The summed E-state index contributed by atoms with van der Waals surface area (Å²) in [7, 11) is 1.66. The van der Waals surface area contributed by atoms with Crippen molar-refractivity contribution in [2.45, 2.75) is 44.6 Å². The molecule has 7 heteroatoms. The van der Waals surface area contributed by atoms with Gasteiger partial charge in [-0.15, -0.1) is 11.3 Å². The summed E-state index contributed by atoms with van der Waals surface area (Å²) in [6.07, 6.45) is 5.65. The maximum atomic E-state index is 13.6. The molecular weight excluding hydrogens is 436 g/mol. The Morgan fingerprint density at radius 3 is 2.70 bits per heavy atom. The van der Waals surface area contributed by atoms with Crippen LogP contribution in [0.1, 0.15) is 48.6 Å². The number of nitrogens with zero attached hydrogens (tertiary/aromatic N) is 2. The predicted molar refractivity (Wildman–Crippen MR) is 129 cm³/mol. The van der Waals surface area contributed by atoms with Gasteiger partial charge in [0.1, 0.15) is 12.4 Å². The smallest absolute Gasteiger partial charge is 0.242 e. The number of carbonyl (C=O) groups excluding carboxylic acids is 2. The molecule has 1 atom stereocenters. The van der Waals surface area contributed by atoms with Crippen molar-refractivity contribution >= 4 is 23.2 Å². The van der Waals surface area contributed by atoms with E-state index < -0.39 is 0 Å². The van der Waals surface area contributed by atoms with Crippen LogP contribution in [0.5, 0.6) is 5.75 Å². The van der Waals surface area contributed by atoms with E-state index in [-0.39, 0.29) is 30.3 Å². The fourth-order valence-electron chi connectivity index (χ4n) is 4.92. The van der Waals surface area contributed by atoms with Crippen LogP contribution in [-0.4, -0.2) is 61.6 Å². The lowest BCUT2D eigenvalue weighted by Crippen LogP contribution is -2.49. The Bertz CT molecular complexity index is 910. The molecule has 178 valence electrons. The molecule has 2 aliphatic rings. The molecule has 4 rings (SSSR count). The van der Waals surface area contributed by atoms with Crippen molar-refractivity contribution in [2.75, 3.05) is 40.0 Å². The summed E-state index contributed by atoms with van der Waals surface area (Å²) < 4.78 is 11.3. The van der Waals surface area contributed by atoms with Gasteiger partial charge >= 0.3 is 0 Å². The first kappa shape index (κ1) is 23.8. The van der Waals surface area contributed by atoms with Crippen LogP contribution in [0, 0.1) is 5.92 Å². The first-order valence-corrected chi connectivity index (χ1v) is 12.9. The molecule has 2 aromatic rings. The zero-order chi connectivity index (χ0) is 23.0. The fraction of sp³-hybridized carbons (Fsp3) is 0.538. The molecule has 0 spiro atoms. The van der Waals surface area contributed by atoms with Crippen molar-refractivity contribution in [2.24, 2.45) is 5.92 Å². The van der Waals surface area contributed by atoms with E-state index in [0.717, 1.165) is 44.3 Å². The van der Waals surface area contributed by atoms with E-state index in [1.807, 2.05) is 35.2 Å². The number of ether oxygens (including phenoxy) is 2. The molecule has 2 heterocycles. The Labute approximate surface area is 200 Å². The van der Waals surface area contributed by atoms with Gasteiger partial charge in [0.05, 0.1) is 12.6 Å². The highest BCUT2D eigenvalue weighted by atomic mass is 32.1. The van der Waals surface area contributed by atoms with Crippen LogP contribution in [0.2, 0.25) is 0 Å². The SMILES string of the molecule is COCCCN(CC(=O)N1CCc2sccc2[C@H]1COc1ccccc1)C(=O)C1CCCC1. The predicted octanol–water partition coefficient (Wildman–Crippen LogP) is 4.31. The highest BCUT2D eigenvalue weighted by molar-refractivity contribution is 7.10. The average molecular weight is 471 g/mol. The summed E-state index contributed by atoms with van der Waals surface area (Å²) in [6, 6.07) is 11.7. The van der Waals surface area contributed by atoms with Crippen LogP contribution in [0.4, 0.5) is 0 Å². The van der Waals surface area contributed by atoms with Crippen molar-refractivity contribution in [3.63, 3.8) is 0 Å². The van der Waals surface area contributed by atoms with Gasteiger partial charge in [0, 0.05) is 37.6 Å². The first-order chi connectivity index (χ1) is 16.2. The molecule has 1 aromatic carbocycles. The summed E-state index contributed by atoms with van der Waals surface area (Å²) in [5, 5.41) is 2.09. The number of hydrogen-bond acceptors (Lipinski definition) is 5. The second-order valence-electron chi connectivity index (χ2n) is 8.86. The van der Waals surface area contributed by atoms with Gasteiger partial charge in [-0.2, -0.15) is 0 Å². The minimum Gasteiger partial charge on any atom is -0.491 e. The summed E-state index contributed by atoms with van der Waals surface area (Å²) in [6.45, 7) is 2.31. The van der Waals surface area contributed by atoms with E-state index in [1.54, 1.807) is 23.3 Å². The number of methoxy groups -OCH3 is 1. The Morgan fingerprint density at radius 1 is 1.15 bits per heavy atom. The second-order valence-corrected chi connectivity index (χ2v) is 9.86. The molecule has 0 saturated heterocycles. The van der Waals surface area contributed by atoms with Gasteiger partial charge in [0.15, 0.2) is 0 Å². The van der Waals surface area contributed by atoms with Crippen LogP contribution >= 0.6 is 11.3 Å². The van der Waals surface area contributed by atoms with E-state index in [4.69, 9.17) is 9.47 Å². The van der Waals surface area contributed by atoms with Crippen molar-refractivity contribution in [3.8, 4) is 5.75 Å². The molecule has 6 nitrogen and oxygen atoms in total. The molecule has 1 fully saturated rings. The number of amides is 2. The number of para-hydroxylation sites is 1. The molecular formula is C26H34N2O4S. The Kier molecular flexibility index (Phi) is 8.40. The lowest BCUT2D eigenvalue weighted by molar-refractivity contribution is -0.144. The lowest BCUT2D eigenvalue weighted by Gasteiger charge is -2.37. The van der Waals surface area contributed by atoms with Gasteiger partial charge in [0.2, 0.25) is 11.8 Å². The highest BCUT2D eigenvalue weighted by Crippen LogP contribution is 2.34. The molecule has 0 N–H and O–H groups in total. The van der Waals surface area contributed by atoms with Crippen molar-refractivity contribution in [1.82, 2.24) is 9.80 Å². The van der Waals surface area contributed by atoms with Gasteiger partial charge < -0.3 is 19.3 Å². The van der Waals surface area contributed by atoms with Gasteiger partial charge in [-0.1, -0.05) is 31.0 Å². The minimum atomic E-state index is -0.143.